The first kappa shape index (κ1) is 14.9. The highest BCUT2D eigenvalue weighted by Gasteiger charge is 2.09. The molecule has 0 aromatic carbocycles. The number of ketones is 1. The molecule has 0 aliphatic rings. The van der Waals surface area contributed by atoms with Crippen LogP contribution < -0.4 is 0 Å². The van der Waals surface area contributed by atoms with Crippen molar-refractivity contribution in [1.29, 1.82) is 0 Å². The number of thioether (sulfide) groups is 1. The van der Waals surface area contributed by atoms with Crippen LogP contribution in [0.2, 0.25) is 0 Å². The highest BCUT2D eigenvalue weighted by atomic mass is 32.2. The van der Waals surface area contributed by atoms with Gasteiger partial charge in [0.05, 0.1) is 0 Å². The number of hydrogen-bond acceptors (Lipinski definition) is 3. The van der Waals surface area contributed by atoms with E-state index >= 15 is 0 Å². The van der Waals surface area contributed by atoms with E-state index < -0.39 is 0 Å². The summed E-state index contributed by atoms with van der Waals surface area (Å²) in [6.07, 6.45) is 0.629. The van der Waals surface area contributed by atoms with E-state index in [9.17, 15) is 4.79 Å². The van der Waals surface area contributed by atoms with E-state index in [1.54, 1.807) is 11.8 Å². The normalized spacial score (nSPS) is 10.5. The minimum atomic E-state index is 0.146. The van der Waals surface area contributed by atoms with Gasteiger partial charge >= 0.3 is 0 Å². The topological polar surface area (TPSA) is 20.3 Å². The van der Waals surface area contributed by atoms with Crippen LogP contribution in [0.3, 0.4) is 0 Å². The summed E-state index contributed by atoms with van der Waals surface area (Å²) in [6, 6.07) is 0. The Morgan fingerprint density at radius 3 is 2.27 bits per heavy atom. The van der Waals surface area contributed by atoms with Gasteiger partial charge < -0.3 is 4.90 Å². The van der Waals surface area contributed by atoms with Crippen LogP contribution in [-0.4, -0.2) is 33.8 Å². The maximum absolute atomic E-state index is 11.4. The van der Waals surface area contributed by atoms with Gasteiger partial charge in [0, 0.05) is 31.2 Å². The van der Waals surface area contributed by atoms with Crippen molar-refractivity contribution < 1.29 is 4.79 Å². The van der Waals surface area contributed by atoms with Crippen molar-refractivity contribution in [2.24, 2.45) is 5.92 Å². The summed E-state index contributed by atoms with van der Waals surface area (Å²) in [4.78, 5) is 13.5. The second kappa shape index (κ2) is 8.11. The Kier molecular flexibility index (Phi) is 8.06. The van der Waals surface area contributed by atoms with Crippen LogP contribution in [0.5, 0.6) is 0 Å². The summed E-state index contributed by atoms with van der Waals surface area (Å²) < 4.78 is 0.913. The molecule has 15 heavy (non-hydrogen) atoms. The minimum Gasteiger partial charge on any atom is -0.358 e. The van der Waals surface area contributed by atoms with Gasteiger partial charge in [-0.3, -0.25) is 4.79 Å². The minimum absolute atomic E-state index is 0.146. The monoisotopic (exact) mass is 247 g/mol. The molecule has 0 N–H and O–H groups in total. The van der Waals surface area contributed by atoms with Gasteiger partial charge in [-0.25, -0.2) is 0 Å². The molecule has 0 aromatic rings. The Bertz CT molecular complexity index is 213. The highest BCUT2D eigenvalue weighted by molar-refractivity contribution is 8.22. The van der Waals surface area contributed by atoms with Crippen molar-refractivity contribution in [1.82, 2.24) is 4.90 Å². The van der Waals surface area contributed by atoms with Crippen LogP contribution >= 0.6 is 24.0 Å². The molecule has 4 heteroatoms. The van der Waals surface area contributed by atoms with E-state index in [2.05, 4.69) is 18.7 Å². The SMILES string of the molecule is CCN(CC)C(=S)SCCC(=O)C(C)C. The first-order valence-corrected chi connectivity index (χ1v) is 6.86. The van der Waals surface area contributed by atoms with E-state index in [0.717, 1.165) is 23.2 Å². The predicted molar refractivity (Wildman–Crippen MR) is 72.4 cm³/mol. The lowest BCUT2D eigenvalue weighted by molar-refractivity contribution is -0.121. The molecule has 0 saturated carbocycles. The number of thiocarbonyl (C=S) groups is 1. The van der Waals surface area contributed by atoms with Gasteiger partial charge in [-0.2, -0.15) is 0 Å². The number of carbonyl (C=O) groups excluding carboxylic acids is 1. The number of nitrogens with zero attached hydrogens (tertiary/aromatic N) is 1. The van der Waals surface area contributed by atoms with Crippen LogP contribution in [0.15, 0.2) is 0 Å². The molecule has 0 fully saturated rings. The van der Waals surface area contributed by atoms with Gasteiger partial charge in [-0.15, -0.1) is 0 Å². The first-order chi connectivity index (χ1) is 7.02. The van der Waals surface area contributed by atoms with E-state index in [0.29, 0.717) is 12.2 Å². The molecular formula is C11H21NOS2. The van der Waals surface area contributed by atoms with Crippen molar-refractivity contribution in [2.45, 2.75) is 34.1 Å². The molecule has 0 rings (SSSR count). The van der Waals surface area contributed by atoms with E-state index in [4.69, 9.17) is 12.2 Å². The standard InChI is InChI=1S/C11H21NOS2/c1-5-12(6-2)11(14)15-8-7-10(13)9(3)4/h9H,5-8H2,1-4H3. The average molecular weight is 247 g/mol. The third kappa shape index (κ3) is 6.15. The second-order valence-corrected chi connectivity index (χ2v) is 5.39. The zero-order chi connectivity index (χ0) is 11.8. The lowest BCUT2D eigenvalue weighted by atomic mass is 10.1. The lowest BCUT2D eigenvalue weighted by Gasteiger charge is -2.20. The van der Waals surface area contributed by atoms with Gasteiger partial charge in [0.2, 0.25) is 0 Å². The molecule has 2 nitrogen and oxygen atoms in total. The maximum atomic E-state index is 11.4. The van der Waals surface area contributed by atoms with E-state index in [1.165, 1.54) is 0 Å². The van der Waals surface area contributed by atoms with Crippen molar-refractivity contribution in [3.05, 3.63) is 0 Å². The van der Waals surface area contributed by atoms with Gasteiger partial charge in [0.1, 0.15) is 10.1 Å². The molecule has 0 heterocycles. The summed E-state index contributed by atoms with van der Waals surface area (Å²) in [5, 5.41) is 0. The fraction of sp³-hybridized carbons (Fsp3) is 0.818. The smallest absolute Gasteiger partial charge is 0.136 e. The van der Waals surface area contributed by atoms with Crippen LogP contribution in [-0.2, 0) is 4.79 Å². The maximum Gasteiger partial charge on any atom is 0.136 e. The summed E-state index contributed by atoms with van der Waals surface area (Å²) in [5.74, 6) is 1.28. The Hall–Kier alpha value is -0.0900. The van der Waals surface area contributed by atoms with Gasteiger partial charge in [0.15, 0.2) is 0 Å². The molecule has 0 unspecified atom stereocenters. The Labute approximate surface area is 103 Å². The van der Waals surface area contributed by atoms with Gasteiger partial charge in [0.25, 0.3) is 0 Å². The third-order valence-electron chi connectivity index (χ3n) is 2.24. The number of hydrogen-bond donors (Lipinski definition) is 0. The fourth-order valence-electron chi connectivity index (χ4n) is 1.10. The molecule has 0 spiro atoms. The van der Waals surface area contributed by atoms with Crippen LogP contribution in [0, 0.1) is 5.92 Å². The summed E-state index contributed by atoms with van der Waals surface area (Å²) in [5.41, 5.74) is 0. The Morgan fingerprint density at radius 1 is 1.33 bits per heavy atom. The number of rotatable bonds is 6. The largest absolute Gasteiger partial charge is 0.358 e. The molecule has 0 aliphatic heterocycles. The highest BCUT2D eigenvalue weighted by Crippen LogP contribution is 2.12. The summed E-state index contributed by atoms with van der Waals surface area (Å²) >= 11 is 6.89. The van der Waals surface area contributed by atoms with Gasteiger partial charge in [-0.05, 0) is 13.8 Å². The summed E-state index contributed by atoms with van der Waals surface area (Å²) in [7, 11) is 0. The van der Waals surface area contributed by atoms with Crippen molar-refractivity contribution in [2.75, 3.05) is 18.8 Å². The average Bonchev–Trinajstić information content (AvgIpc) is 2.19. The third-order valence-corrected chi connectivity index (χ3v) is 3.76. The zero-order valence-electron chi connectivity index (χ0n) is 10.1. The number of carbonyl (C=O) groups is 1. The molecule has 0 atom stereocenters. The molecule has 0 bridgehead atoms. The van der Waals surface area contributed by atoms with E-state index in [-0.39, 0.29) is 5.92 Å². The van der Waals surface area contributed by atoms with Crippen molar-refractivity contribution in [3.63, 3.8) is 0 Å². The Balaban J connectivity index is 3.76. The van der Waals surface area contributed by atoms with Gasteiger partial charge in [-0.1, -0.05) is 37.8 Å². The van der Waals surface area contributed by atoms with Crippen molar-refractivity contribution >= 4 is 34.1 Å². The van der Waals surface area contributed by atoms with Crippen LogP contribution in [0.1, 0.15) is 34.1 Å². The van der Waals surface area contributed by atoms with Crippen LogP contribution in [0.4, 0.5) is 0 Å². The molecule has 0 saturated heterocycles. The molecule has 88 valence electrons. The van der Waals surface area contributed by atoms with Crippen LogP contribution in [0.25, 0.3) is 0 Å². The van der Waals surface area contributed by atoms with E-state index in [1.807, 2.05) is 13.8 Å². The Morgan fingerprint density at radius 2 is 1.87 bits per heavy atom. The fourth-order valence-corrected chi connectivity index (χ4v) is 2.53. The predicted octanol–water partition coefficient (Wildman–Crippen LogP) is 2.96. The molecule has 0 radical (unpaired) electrons. The first-order valence-electron chi connectivity index (χ1n) is 5.47. The quantitative estimate of drug-likeness (QED) is 0.672. The molecular weight excluding hydrogens is 226 g/mol. The molecule has 0 amide bonds. The zero-order valence-corrected chi connectivity index (χ0v) is 11.7. The van der Waals surface area contributed by atoms with Crippen molar-refractivity contribution in [3.8, 4) is 0 Å². The number of Topliss-reactive ketones (excluding diaryl/α,β-unsaturated/α-hetero) is 1. The summed E-state index contributed by atoms with van der Waals surface area (Å²) in [6.45, 7) is 9.96. The molecule has 0 aliphatic carbocycles. The second-order valence-electron chi connectivity index (χ2n) is 3.66. The lowest BCUT2D eigenvalue weighted by Crippen LogP contribution is -2.27. The molecule has 0 aromatic heterocycles.